The topological polar surface area (TPSA) is 12.0 Å². The van der Waals surface area contributed by atoms with E-state index in [9.17, 15) is 0 Å². The maximum atomic E-state index is 3.57. The highest BCUT2D eigenvalue weighted by Gasteiger charge is 2.23. The Hall–Kier alpha value is -0.470. The van der Waals surface area contributed by atoms with Crippen LogP contribution in [0.3, 0.4) is 0 Å². The van der Waals surface area contributed by atoms with Gasteiger partial charge in [-0.3, -0.25) is 0 Å². The second-order valence-corrected chi connectivity index (χ2v) is 6.28. The van der Waals surface area contributed by atoms with E-state index in [-0.39, 0.29) is 0 Å². The monoisotopic (exact) mass is 249 g/mol. The Morgan fingerprint density at radius 1 is 1.35 bits per heavy atom. The molecule has 1 aromatic carbocycles. The molecule has 0 radical (unpaired) electrons. The summed E-state index contributed by atoms with van der Waals surface area (Å²) < 4.78 is 0. The Morgan fingerprint density at radius 3 is 3.00 bits per heavy atom. The molecule has 0 spiro atoms. The lowest BCUT2D eigenvalue weighted by molar-refractivity contribution is 0.543. The average Bonchev–Trinajstić information content (AvgIpc) is 2.75. The first kappa shape index (κ1) is 13.0. The zero-order valence-electron chi connectivity index (χ0n) is 10.9. The minimum absolute atomic E-state index is 0.773. The van der Waals surface area contributed by atoms with Gasteiger partial charge in [0.2, 0.25) is 0 Å². The molecular weight excluding hydrogens is 226 g/mol. The third kappa shape index (κ3) is 4.04. The van der Waals surface area contributed by atoms with E-state index in [1.165, 1.54) is 36.1 Å². The summed E-state index contributed by atoms with van der Waals surface area (Å²) in [5.41, 5.74) is 2.85. The zero-order valence-corrected chi connectivity index (χ0v) is 11.7. The summed E-state index contributed by atoms with van der Waals surface area (Å²) in [4.78, 5) is 0. The maximum absolute atomic E-state index is 3.57. The molecule has 2 atom stereocenters. The van der Waals surface area contributed by atoms with Crippen LogP contribution in [-0.4, -0.2) is 17.8 Å². The van der Waals surface area contributed by atoms with Gasteiger partial charge in [-0.1, -0.05) is 36.8 Å². The van der Waals surface area contributed by atoms with Crippen LogP contribution >= 0.6 is 11.8 Å². The van der Waals surface area contributed by atoms with E-state index in [1.807, 2.05) is 0 Å². The predicted molar refractivity (Wildman–Crippen MR) is 77.6 cm³/mol. The molecule has 1 fully saturated rings. The van der Waals surface area contributed by atoms with Crippen molar-refractivity contribution in [3.05, 3.63) is 35.4 Å². The van der Waals surface area contributed by atoms with Crippen molar-refractivity contribution in [3.8, 4) is 0 Å². The van der Waals surface area contributed by atoms with Crippen molar-refractivity contribution < 1.29 is 0 Å². The normalized spacial score (nSPS) is 24.1. The van der Waals surface area contributed by atoms with Crippen LogP contribution in [0, 0.1) is 6.92 Å². The molecule has 0 aliphatic heterocycles. The van der Waals surface area contributed by atoms with E-state index in [4.69, 9.17) is 0 Å². The first-order chi connectivity index (χ1) is 8.28. The highest BCUT2D eigenvalue weighted by Crippen LogP contribution is 2.32. The van der Waals surface area contributed by atoms with Crippen molar-refractivity contribution in [3.63, 3.8) is 0 Å². The Bertz CT molecular complexity index is 351. The van der Waals surface area contributed by atoms with E-state index in [2.05, 4.69) is 55.2 Å². The van der Waals surface area contributed by atoms with Gasteiger partial charge in [-0.15, -0.1) is 0 Å². The van der Waals surface area contributed by atoms with Crippen LogP contribution in [0.2, 0.25) is 0 Å². The molecule has 2 unspecified atom stereocenters. The van der Waals surface area contributed by atoms with Crippen LogP contribution in [0.1, 0.15) is 37.3 Å². The molecule has 17 heavy (non-hydrogen) atoms. The van der Waals surface area contributed by atoms with E-state index >= 15 is 0 Å². The highest BCUT2D eigenvalue weighted by molar-refractivity contribution is 7.99. The van der Waals surface area contributed by atoms with Crippen LogP contribution in [0.5, 0.6) is 0 Å². The van der Waals surface area contributed by atoms with E-state index in [1.54, 1.807) is 0 Å². The molecule has 0 saturated heterocycles. The van der Waals surface area contributed by atoms with Crippen LogP contribution in [0.15, 0.2) is 24.3 Å². The minimum atomic E-state index is 0.773. The molecule has 1 saturated carbocycles. The number of hydrogen-bond donors (Lipinski definition) is 1. The largest absolute Gasteiger partial charge is 0.314 e. The van der Waals surface area contributed by atoms with Crippen molar-refractivity contribution in [1.29, 1.82) is 0 Å². The van der Waals surface area contributed by atoms with Crippen molar-refractivity contribution in [2.45, 2.75) is 50.2 Å². The summed E-state index contributed by atoms with van der Waals surface area (Å²) >= 11 is 2.14. The lowest BCUT2D eigenvalue weighted by atomic mass is 10.2. The molecule has 0 amide bonds. The molecule has 0 heterocycles. The van der Waals surface area contributed by atoms with Gasteiger partial charge in [0, 0.05) is 17.0 Å². The van der Waals surface area contributed by atoms with Crippen LogP contribution in [0.4, 0.5) is 0 Å². The van der Waals surface area contributed by atoms with Gasteiger partial charge in [-0.05, 0) is 38.3 Å². The minimum Gasteiger partial charge on any atom is -0.314 e. The molecule has 0 aromatic heterocycles. The third-order valence-electron chi connectivity index (χ3n) is 3.45. The number of thioether (sulfide) groups is 1. The van der Waals surface area contributed by atoms with Gasteiger partial charge in [0.05, 0.1) is 0 Å². The van der Waals surface area contributed by atoms with E-state index < -0.39 is 0 Å². The Balaban J connectivity index is 1.76. The van der Waals surface area contributed by atoms with Gasteiger partial charge in [0.25, 0.3) is 0 Å². The molecule has 1 aliphatic carbocycles. The van der Waals surface area contributed by atoms with Gasteiger partial charge in [0.15, 0.2) is 0 Å². The Morgan fingerprint density at radius 2 is 2.24 bits per heavy atom. The molecule has 1 N–H and O–H groups in total. The Labute approximate surface area is 109 Å². The van der Waals surface area contributed by atoms with Gasteiger partial charge in [-0.25, -0.2) is 0 Å². The standard InChI is InChI=1S/C15H23NS/c1-3-16-14-7-8-15(10-14)17-11-13-6-4-5-12(2)9-13/h4-6,9,14-16H,3,7-8,10-11H2,1-2H3. The summed E-state index contributed by atoms with van der Waals surface area (Å²) in [6.45, 7) is 5.48. The van der Waals surface area contributed by atoms with Crippen molar-refractivity contribution in [1.82, 2.24) is 5.32 Å². The fraction of sp³-hybridized carbons (Fsp3) is 0.600. The fourth-order valence-corrected chi connectivity index (χ4v) is 3.86. The molecular formula is C15H23NS. The number of benzene rings is 1. The number of hydrogen-bond acceptors (Lipinski definition) is 2. The lowest BCUT2D eigenvalue weighted by Gasteiger charge is -2.12. The maximum Gasteiger partial charge on any atom is 0.0187 e. The summed E-state index contributed by atoms with van der Waals surface area (Å²) in [6.07, 6.45) is 4.10. The molecule has 1 aromatic rings. The van der Waals surface area contributed by atoms with Crippen molar-refractivity contribution in [2.24, 2.45) is 0 Å². The predicted octanol–water partition coefficient (Wildman–Crippen LogP) is 3.76. The van der Waals surface area contributed by atoms with Crippen LogP contribution in [-0.2, 0) is 5.75 Å². The number of rotatable bonds is 5. The van der Waals surface area contributed by atoms with Gasteiger partial charge >= 0.3 is 0 Å². The summed E-state index contributed by atoms with van der Waals surface area (Å²) in [5, 5.41) is 4.43. The number of nitrogens with one attached hydrogen (secondary N) is 1. The first-order valence-corrected chi connectivity index (χ1v) is 7.73. The first-order valence-electron chi connectivity index (χ1n) is 6.68. The summed E-state index contributed by atoms with van der Waals surface area (Å²) in [5.74, 6) is 1.17. The summed E-state index contributed by atoms with van der Waals surface area (Å²) in [7, 11) is 0. The Kier molecular flexibility index (Phi) is 4.93. The third-order valence-corrected chi connectivity index (χ3v) is 4.85. The second-order valence-electron chi connectivity index (χ2n) is 4.99. The van der Waals surface area contributed by atoms with Crippen molar-refractivity contribution in [2.75, 3.05) is 6.54 Å². The van der Waals surface area contributed by atoms with E-state index in [0.29, 0.717) is 0 Å². The summed E-state index contributed by atoms with van der Waals surface area (Å²) in [6, 6.07) is 9.67. The average molecular weight is 249 g/mol. The van der Waals surface area contributed by atoms with Gasteiger partial charge < -0.3 is 5.32 Å². The molecule has 94 valence electrons. The second kappa shape index (κ2) is 6.46. The SMILES string of the molecule is CCNC1CCC(SCc2cccc(C)c2)C1. The van der Waals surface area contributed by atoms with Crippen molar-refractivity contribution >= 4 is 11.8 Å². The quantitative estimate of drug-likeness (QED) is 0.853. The molecule has 2 heteroatoms. The van der Waals surface area contributed by atoms with Gasteiger partial charge in [0.1, 0.15) is 0 Å². The van der Waals surface area contributed by atoms with Gasteiger partial charge in [-0.2, -0.15) is 11.8 Å². The molecule has 1 aliphatic rings. The smallest absolute Gasteiger partial charge is 0.0187 e. The highest BCUT2D eigenvalue weighted by atomic mass is 32.2. The van der Waals surface area contributed by atoms with E-state index in [0.717, 1.165) is 17.8 Å². The lowest BCUT2D eigenvalue weighted by Crippen LogP contribution is -2.26. The van der Waals surface area contributed by atoms with Crippen LogP contribution < -0.4 is 5.32 Å². The molecule has 1 nitrogen and oxygen atoms in total. The molecule has 2 rings (SSSR count). The molecule has 0 bridgehead atoms. The fourth-order valence-electron chi connectivity index (χ4n) is 2.58. The zero-order chi connectivity index (χ0) is 12.1. The van der Waals surface area contributed by atoms with Crippen LogP contribution in [0.25, 0.3) is 0 Å². The number of aryl methyl sites for hydroxylation is 1.